The van der Waals surface area contributed by atoms with E-state index in [1.165, 1.54) is 25.1 Å². The highest BCUT2D eigenvalue weighted by Crippen LogP contribution is 2.22. The summed E-state index contributed by atoms with van der Waals surface area (Å²) in [5.74, 6) is -0.880. The Balaban J connectivity index is 2.89. The van der Waals surface area contributed by atoms with Gasteiger partial charge in [-0.1, -0.05) is 12.1 Å². The fraction of sp³-hybridized carbons (Fsp3) is 0.364. The van der Waals surface area contributed by atoms with Crippen molar-refractivity contribution in [3.8, 4) is 0 Å². The fourth-order valence-electron chi connectivity index (χ4n) is 1.47. The van der Waals surface area contributed by atoms with Crippen LogP contribution in [0, 0.1) is 17.0 Å². The van der Waals surface area contributed by atoms with Gasteiger partial charge in [-0.05, 0) is 13.0 Å². The number of hydrogen-bond donors (Lipinski definition) is 2. The summed E-state index contributed by atoms with van der Waals surface area (Å²) in [7, 11) is 0. The molecule has 1 rings (SSSR count). The molecule has 8 heteroatoms. The summed E-state index contributed by atoms with van der Waals surface area (Å²) in [5, 5.41) is 21.7. The van der Waals surface area contributed by atoms with Crippen LogP contribution in [-0.2, 0) is 0 Å². The largest absolute Gasteiger partial charge is 0.385 e. The molecule has 0 saturated heterocycles. The highest BCUT2D eigenvalue weighted by atomic mass is 19.3. The van der Waals surface area contributed by atoms with Crippen LogP contribution >= 0.6 is 0 Å². The summed E-state index contributed by atoms with van der Waals surface area (Å²) in [5.41, 5.74) is -0.329. The Labute approximate surface area is 107 Å². The van der Waals surface area contributed by atoms with Gasteiger partial charge in [0.2, 0.25) is 0 Å². The molecule has 0 saturated carbocycles. The third-order valence-corrected chi connectivity index (χ3v) is 2.43. The smallest absolute Gasteiger partial charge is 0.285 e. The van der Waals surface area contributed by atoms with E-state index in [2.05, 4.69) is 0 Å². The van der Waals surface area contributed by atoms with Crippen molar-refractivity contribution in [2.45, 2.75) is 19.5 Å². The van der Waals surface area contributed by atoms with Crippen LogP contribution in [0.4, 0.5) is 14.5 Å². The molecule has 1 unspecified atom stereocenters. The van der Waals surface area contributed by atoms with Gasteiger partial charge < -0.3 is 10.4 Å². The van der Waals surface area contributed by atoms with Gasteiger partial charge in [0.1, 0.15) is 11.7 Å². The van der Waals surface area contributed by atoms with E-state index in [0.717, 1.165) is 0 Å². The van der Waals surface area contributed by atoms with Crippen LogP contribution in [0.25, 0.3) is 0 Å². The molecule has 1 aromatic rings. The molecule has 0 fully saturated rings. The number of carbonyl (C=O) groups is 1. The quantitative estimate of drug-likeness (QED) is 0.624. The fourth-order valence-corrected chi connectivity index (χ4v) is 1.47. The van der Waals surface area contributed by atoms with Crippen molar-refractivity contribution in [2.24, 2.45) is 0 Å². The van der Waals surface area contributed by atoms with E-state index in [1.807, 2.05) is 5.32 Å². The molecule has 6 nitrogen and oxygen atoms in total. The maximum atomic E-state index is 12.0. The first-order valence-corrected chi connectivity index (χ1v) is 5.33. The second kappa shape index (κ2) is 6.19. The molecular weight excluding hydrogens is 262 g/mol. The monoisotopic (exact) mass is 274 g/mol. The molecule has 0 aliphatic carbocycles. The van der Waals surface area contributed by atoms with E-state index in [0.29, 0.717) is 0 Å². The first-order chi connectivity index (χ1) is 8.84. The van der Waals surface area contributed by atoms with Gasteiger partial charge in [-0.25, -0.2) is 8.78 Å². The summed E-state index contributed by atoms with van der Waals surface area (Å²) < 4.78 is 24.1. The van der Waals surface area contributed by atoms with Gasteiger partial charge in [-0.15, -0.1) is 0 Å². The lowest BCUT2D eigenvalue weighted by atomic mass is 10.1. The van der Waals surface area contributed by atoms with Crippen LogP contribution in [0.3, 0.4) is 0 Å². The van der Waals surface area contributed by atoms with E-state index in [9.17, 15) is 23.7 Å². The van der Waals surface area contributed by atoms with Crippen molar-refractivity contribution in [2.75, 3.05) is 6.54 Å². The Morgan fingerprint density at radius 1 is 1.53 bits per heavy atom. The van der Waals surface area contributed by atoms with Gasteiger partial charge in [0.25, 0.3) is 18.0 Å². The maximum absolute atomic E-state index is 12.0. The molecule has 0 radical (unpaired) electrons. The highest BCUT2D eigenvalue weighted by molar-refractivity contribution is 5.98. The van der Waals surface area contributed by atoms with Crippen LogP contribution in [0.1, 0.15) is 15.9 Å². The number of nitrogens with zero attached hydrogens (tertiary/aromatic N) is 1. The number of nitrogens with one attached hydrogen (secondary N) is 1. The number of amides is 1. The molecule has 0 aliphatic rings. The van der Waals surface area contributed by atoms with Crippen molar-refractivity contribution in [1.29, 1.82) is 0 Å². The lowest BCUT2D eigenvalue weighted by Crippen LogP contribution is -2.36. The number of para-hydroxylation sites is 1. The third kappa shape index (κ3) is 3.68. The van der Waals surface area contributed by atoms with Crippen molar-refractivity contribution < 1.29 is 23.6 Å². The maximum Gasteiger partial charge on any atom is 0.285 e. The van der Waals surface area contributed by atoms with Crippen molar-refractivity contribution in [1.82, 2.24) is 5.32 Å². The van der Waals surface area contributed by atoms with E-state index in [1.54, 1.807) is 0 Å². The molecule has 1 amide bonds. The minimum absolute atomic E-state index is 0.230. The van der Waals surface area contributed by atoms with Gasteiger partial charge in [-0.2, -0.15) is 0 Å². The Hall–Kier alpha value is -2.09. The number of aryl methyl sites for hydroxylation is 1. The Kier molecular flexibility index (Phi) is 4.87. The molecule has 104 valence electrons. The SMILES string of the molecule is Cc1cccc(C(=O)NCC(O)C(F)F)c1[N+](=O)[O-]. The van der Waals surface area contributed by atoms with E-state index in [4.69, 9.17) is 5.11 Å². The van der Waals surface area contributed by atoms with Crippen LogP contribution < -0.4 is 5.32 Å². The Morgan fingerprint density at radius 3 is 2.68 bits per heavy atom. The molecule has 1 aromatic carbocycles. The number of benzene rings is 1. The molecule has 0 aliphatic heterocycles. The predicted octanol–water partition coefficient (Wildman–Crippen LogP) is 1.26. The zero-order chi connectivity index (χ0) is 14.6. The number of nitro groups is 1. The number of hydrogen-bond acceptors (Lipinski definition) is 4. The molecule has 19 heavy (non-hydrogen) atoms. The number of halogens is 2. The average Bonchev–Trinajstić information content (AvgIpc) is 2.34. The zero-order valence-corrected chi connectivity index (χ0v) is 9.97. The molecule has 0 heterocycles. The average molecular weight is 274 g/mol. The van der Waals surface area contributed by atoms with Crippen LogP contribution in [0.5, 0.6) is 0 Å². The number of carbonyl (C=O) groups excluding carboxylic acids is 1. The molecule has 2 N–H and O–H groups in total. The van der Waals surface area contributed by atoms with Crippen molar-refractivity contribution in [3.05, 3.63) is 39.4 Å². The Bertz CT molecular complexity index is 494. The van der Waals surface area contributed by atoms with Gasteiger partial charge in [0.05, 0.1) is 4.92 Å². The van der Waals surface area contributed by atoms with Gasteiger partial charge in [0, 0.05) is 12.1 Å². The summed E-state index contributed by atoms with van der Waals surface area (Å²) in [6.45, 7) is 0.782. The van der Waals surface area contributed by atoms with Crippen LogP contribution in [-0.4, -0.2) is 35.0 Å². The van der Waals surface area contributed by atoms with Crippen LogP contribution in [0.15, 0.2) is 18.2 Å². The van der Waals surface area contributed by atoms with Gasteiger partial charge in [-0.3, -0.25) is 14.9 Å². The van der Waals surface area contributed by atoms with Crippen LogP contribution in [0.2, 0.25) is 0 Å². The zero-order valence-electron chi connectivity index (χ0n) is 9.97. The predicted molar refractivity (Wildman–Crippen MR) is 62.2 cm³/mol. The topological polar surface area (TPSA) is 92.5 Å². The minimum Gasteiger partial charge on any atom is -0.385 e. The standard InChI is InChI=1S/C11H12F2N2O4/c1-6-3-2-4-7(9(6)15(18)19)11(17)14-5-8(16)10(12)13/h2-4,8,10,16H,5H2,1H3,(H,14,17). The number of aliphatic hydroxyl groups excluding tert-OH is 1. The van der Waals surface area contributed by atoms with E-state index in [-0.39, 0.29) is 16.8 Å². The van der Waals surface area contributed by atoms with Crippen molar-refractivity contribution in [3.63, 3.8) is 0 Å². The first-order valence-electron chi connectivity index (χ1n) is 5.33. The number of aliphatic hydroxyl groups is 1. The summed E-state index contributed by atoms with van der Waals surface area (Å²) in [6, 6.07) is 4.12. The summed E-state index contributed by atoms with van der Waals surface area (Å²) >= 11 is 0. The van der Waals surface area contributed by atoms with Gasteiger partial charge in [0.15, 0.2) is 0 Å². The summed E-state index contributed by atoms with van der Waals surface area (Å²) in [4.78, 5) is 21.8. The second-order valence-corrected chi connectivity index (χ2v) is 3.84. The molecule has 0 spiro atoms. The van der Waals surface area contributed by atoms with Crippen molar-refractivity contribution >= 4 is 11.6 Å². The third-order valence-electron chi connectivity index (χ3n) is 2.43. The van der Waals surface area contributed by atoms with Gasteiger partial charge >= 0.3 is 0 Å². The highest BCUT2D eigenvalue weighted by Gasteiger charge is 2.24. The summed E-state index contributed by atoms with van der Waals surface area (Å²) in [6.07, 6.45) is -5.00. The lowest BCUT2D eigenvalue weighted by Gasteiger charge is -2.11. The lowest BCUT2D eigenvalue weighted by molar-refractivity contribution is -0.385. The molecule has 1 atom stereocenters. The molecular formula is C11H12F2N2O4. The van der Waals surface area contributed by atoms with E-state index < -0.39 is 29.9 Å². The Morgan fingerprint density at radius 2 is 2.16 bits per heavy atom. The number of alkyl halides is 2. The molecule has 0 bridgehead atoms. The normalized spacial score (nSPS) is 12.3. The molecule has 0 aromatic heterocycles. The number of rotatable bonds is 5. The second-order valence-electron chi connectivity index (χ2n) is 3.84. The number of nitro benzene ring substituents is 1. The first kappa shape index (κ1) is 15.0. The van der Waals surface area contributed by atoms with E-state index >= 15 is 0 Å². The minimum atomic E-state index is -2.99.